The molecule has 0 aliphatic carbocycles. The van der Waals surface area contributed by atoms with Crippen LogP contribution in [0.3, 0.4) is 0 Å². The van der Waals surface area contributed by atoms with Crippen LogP contribution < -0.4 is 0 Å². The Labute approximate surface area is 123 Å². The first kappa shape index (κ1) is 13.8. The number of thiophene rings is 1. The van der Waals surface area contributed by atoms with E-state index in [0.29, 0.717) is 0 Å². The second-order valence-corrected chi connectivity index (χ2v) is 6.40. The Bertz CT molecular complexity index is 554. The average molecular weight is 292 g/mol. The van der Waals surface area contributed by atoms with Gasteiger partial charge in [-0.05, 0) is 32.2 Å². The topological polar surface area (TPSA) is 38.5 Å². The Morgan fingerprint density at radius 1 is 1.35 bits per heavy atom. The maximum absolute atomic E-state index is 5.80. The van der Waals surface area contributed by atoms with Crippen LogP contribution in [-0.4, -0.2) is 35.2 Å². The highest BCUT2D eigenvalue weighted by atomic mass is 32.1. The van der Waals surface area contributed by atoms with Crippen LogP contribution in [0.5, 0.6) is 0 Å². The fourth-order valence-electron chi connectivity index (χ4n) is 2.71. The number of hydrogen-bond acceptors (Lipinski definition) is 5. The lowest BCUT2D eigenvalue weighted by molar-refractivity contribution is -0.0708. The van der Waals surface area contributed by atoms with Crippen LogP contribution in [-0.2, 0) is 11.3 Å². The van der Waals surface area contributed by atoms with Gasteiger partial charge in [-0.1, -0.05) is 6.07 Å². The summed E-state index contributed by atoms with van der Waals surface area (Å²) < 4.78 is 11.6. The SMILES string of the molecule is Cc1oc(-c2cccs2)nc1CN1CC(C)OC(C)C1. The van der Waals surface area contributed by atoms with E-state index in [-0.39, 0.29) is 12.2 Å². The van der Waals surface area contributed by atoms with E-state index in [4.69, 9.17) is 9.15 Å². The Balaban J connectivity index is 1.74. The molecule has 2 aromatic heterocycles. The fourth-order valence-corrected chi connectivity index (χ4v) is 3.35. The highest BCUT2D eigenvalue weighted by Gasteiger charge is 2.24. The van der Waals surface area contributed by atoms with Gasteiger partial charge in [0, 0.05) is 19.6 Å². The fraction of sp³-hybridized carbons (Fsp3) is 0.533. The maximum Gasteiger partial charge on any atom is 0.236 e. The molecular weight excluding hydrogens is 272 g/mol. The molecule has 0 N–H and O–H groups in total. The number of hydrogen-bond donors (Lipinski definition) is 0. The monoisotopic (exact) mass is 292 g/mol. The minimum absolute atomic E-state index is 0.280. The number of aromatic nitrogens is 1. The van der Waals surface area contributed by atoms with Gasteiger partial charge in [-0.15, -0.1) is 11.3 Å². The Kier molecular flexibility index (Phi) is 3.92. The summed E-state index contributed by atoms with van der Waals surface area (Å²) in [5.41, 5.74) is 1.04. The van der Waals surface area contributed by atoms with Crippen molar-refractivity contribution < 1.29 is 9.15 Å². The van der Waals surface area contributed by atoms with E-state index in [1.165, 1.54) is 0 Å². The lowest BCUT2D eigenvalue weighted by Crippen LogP contribution is -2.44. The second-order valence-electron chi connectivity index (χ2n) is 5.45. The first-order valence-electron chi connectivity index (χ1n) is 7.00. The first-order valence-corrected chi connectivity index (χ1v) is 7.88. The molecule has 1 aliphatic heterocycles. The van der Waals surface area contributed by atoms with E-state index in [0.717, 1.165) is 41.9 Å². The number of morpholine rings is 1. The number of aryl methyl sites for hydroxylation is 1. The van der Waals surface area contributed by atoms with E-state index in [2.05, 4.69) is 23.7 Å². The van der Waals surface area contributed by atoms with Crippen molar-refractivity contribution in [2.24, 2.45) is 0 Å². The van der Waals surface area contributed by atoms with Crippen LogP contribution in [0.1, 0.15) is 25.3 Å². The van der Waals surface area contributed by atoms with Crippen molar-refractivity contribution in [1.29, 1.82) is 0 Å². The lowest BCUT2D eigenvalue weighted by atomic mass is 10.2. The Hall–Kier alpha value is -1.17. The summed E-state index contributed by atoms with van der Waals surface area (Å²) in [5.74, 6) is 1.65. The van der Waals surface area contributed by atoms with Gasteiger partial charge in [0.1, 0.15) is 5.76 Å². The molecule has 5 heteroatoms. The Morgan fingerprint density at radius 2 is 2.10 bits per heavy atom. The third-order valence-electron chi connectivity index (χ3n) is 3.49. The largest absolute Gasteiger partial charge is 0.440 e. The second kappa shape index (κ2) is 5.68. The number of nitrogens with zero attached hydrogens (tertiary/aromatic N) is 2. The molecule has 1 saturated heterocycles. The van der Waals surface area contributed by atoms with Gasteiger partial charge in [0.2, 0.25) is 5.89 Å². The van der Waals surface area contributed by atoms with E-state index < -0.39 is 0 Å². The van der Waals surface area contributed by atoms with Crippen molar-refractivity contribution in [3.8, 4) is 10.8 Å². The third-order valence-corrected chi connectivity index (χ3v) is 4.35. The summed E-state index contributed by atoms with van der Waals surface area (Å²) in [5, 5.41) is 2.04. The summed E-state index contributed by atoms with van der Waals surface area (Å²) >= 11 is 1.66. The summed E-state index contributed by atoms with van der Waals surface area (Å²) in [4.78, 5) is 8.13. The van der Waals surface area contributed by atoms with Gasteiger partial charge in [-0.25, -0.2) is 4.98 Å². The molecule has 0 amide bonds. The van der Waals surface area contributed by atoms with E-state index in [1.54, 1.807) is 11.3 Å². The zero-order valence-corrected chi connectivity index (χ0v) is 12.9. The van der Waals surface area contributed by atoms with Gasteiger partial charge in [0.25, 0.3) is 0 Å². The molecule has 0 bridgehead atoms. The summed E-state index contributed by atoms with van der Waals surface area (Å²) in [6, 6.07) is 4.06. The smallest absolute Gasteiger partial charge is 0.236 e. The van der Waals surface area contributed by atoms with Crippen LogP contribution in [0.2, 0.25) is 0 Å². The van der Waals surface area contributed by atoms with Gasteiger partial charge in [0.05, 0.1) is 22.8 Å². The molecule has 0 aromatic carbocycles. The van der Waals surface area contributed by atoms with Crippen molar-refractivity contribution in [3.05, 3.63) is 29.0 Å². The number of rotatable bonds is 3. The molecule has 0 saturated carbocycles. The minimum Gasteiger partial charge on any atom is -0.440 e. The molecule has 0 radical (unpaired) electrons. The third kappa shape index (κ3) is 2.95. The molecule has 2 unspecified atom stereocenters. The standard InChI is InChI=1S/C15H20N2O2S/c1-10-7-17(8-11(2)18-10)9-13-12(3)19-15(16-13)14-5-4-6-20-14/h4-6,10-11H,7-9H2,1-3H3. The molecule has 20 heavy (non-hydrogen) atoms. The summed E-state index contributed by atoms with van der Waals surface area (Å²) in [6.45, 7) is 8.96. The zero-order valence-electron chi connectivity index (χ0n) is 12.1. The van der Waals surface area contributed by atoms with E-state index in [1.807, 2.05) is 24.4 Å². The molecule has 2 aromatic rings. The predicted molar refractivity (Wildman–Crippen MR) is 79.8 cm³/mol. The molecule has 3 rings (SSSR count). The van der Waals surface area contributed by atoms with Gasteiger partial charge in [0.15, 0.2) is 0 Å². The zero-order chi connectivity index (χ0) is 14.1. The minimum atomic E-state index is 0.280. The van der Waals surface area contributed by atoms with Crippen LogP contribution >= 0.6 is 11.3 Å². The van der Waals surface area contributed by atoms with E-state index in [9.17, 15) is 0 Å². The van der Waals surface area contributed by atoms with Crippen LogP contribution in [0.25, 0.3) is 10.8 Å². The average Bonchev–Trinajstić information content (AvgIpc) is 2.98. The van der Waals surface area contributed by atoms with Crippen molar-refractivity contribution in [1.82, 2.24) is 9.88 Å². The highest BCUT2D eigenvalue weighted by molar-refractivity contribution is 7.13. The molecule has 0 spiro atoms. The van der Waals surface area contributed by atoms with Crippen molar-refractivity contribution in [3.63, 3.8) is 0 Å². The highest BCUT2D eigenvalue weighted by Crippen LogP contribution is 2.26. The van der Waals surface area contributed by atoms with Crippen molar-refractivity contribution >= 4 is 11.3 Å². The van der Waals surface area contributed by atoms with Gasteiger partial charge in [-0.2, -0.15) is 0 Å². The quantitative estimate of drug-likeness (QED) is 0.870. The summed E-state index contributed by atoms with van der Waals surface area (Å²) in [7, 11) is 0. The summed E-state index contributed by atoms with van der Waals surface area (Å²) in [6.07, 6.45) is 0.561. The van der Waals surface area contributed by atoms with E-state index >= 15 is 0 Å². The molecule has 3 heterocycles. The normalized spacial score (nSPS) is 24.1. The van der Waals surface area contributed by atoms with Crippen LogP contribution in [0.4, 0.5) is 0 Å². The van der Waals surface area contributed by atoms with Crippen LogP contribution in [0.15, 0.2) is 21.9 Å². The van der Waals surface area contributed by atoms with Gasteiger partial charge >= 0.3 is 0 Å². The predicted octanol–water partition coefficient (Wildman–Crippen LogP) is 3.32. The first-order chi connectivity index (χ1) is 9.61. The molecule has 1 fully saturated rings. The molecule has 4 nitrogen and oxygen atoms in total. The van der Waals surface area contributed by atoms with Crippen molar-refractivity contribution in [2.45, 2.75) is 39.5 Å². The number of ether oxygens (including phenoxy) is 1. The Morgan fingerprint density at radius 3 is 2.75 bits per heavy atom. The van der Waals surface area contributed by atoms with Crippen LogP contribution in [0, 0.1) is 6.92 Å². The van der Waals surface area contributed by atoms with Crippen molar-refractivity contribution in [2.75, 3.05) is 13.1 Å². The molecule has 2 atom stereocenters. The van der Waals surface area contributed by atoms with Gasteiger partial charge in [-0.3, -0.25) is 4.90 Å². The maximum atomic E-state index is 5.80. The molecular formula is C15H20N2O2S. The molecule has 108 valence electrons. The molecule has 1 aliphatic rings. The van der Waals surface area contributed by atoms with Gasteiger partial charge < -0.3 is 9.15 Å². The number of oxazole rings is 1. The lowest BCUT2D eigenvalue weighted by Gasteiger charge is -2.34.